The second kappa shape index (κ2) is 8.96. The molecule has 0 unspecified atom stereocenters. The van der Waals surface area contributed by atoms with Crippen LogP contribution in [0.15, 0.2) is 0 Å². The van der Waals surface area contributed by atoms with E-state index >= 15 is 0 Å². The molecular formula is C17H30N4. The summed E-state index contributed by atoms with van der Waals surface area (Å²) in [4.78, 5) is 13.1. The Hall–Kier alpha value is -1.19. The second-order valence-corrected chi connectivity index (χ2v) is 6.35. The molecule has 4 nitrogen and oxygen atoms in total. The summed E-state index contributed by atoms with van der Waals surface area (Å²) in [6.45, 7) is 3.86. The standard InChI is InChI=1S/C17H30N4/c1-14-18-15(2)20-17(19-14)21-16-12-10-8-6-4-3-5-7-9-11-13-16/h16H,3-13H2,1-2H3,(H,18,19,20,21). The summed E-state index contributed by atoms with van der Waals surface area (Å²) in [5.74, 6) is 2.37. The van der Waals surface area contributed by atoms with E-state index in [0.717, 1.165) is 17.6 Å². The highest BCUT2D eigenvalue weighted by molar-refractivity contribution is 5.25. The molecule has 1 fully saturated rings. The number of hydrogen-bond donors (Lipinski definition) is 1. The lowest BCUT2D eigenvalue weighted by Crippen LogP contribution is -2.22. The van der Waals surface area contributed by atoms with Gasteiger partial charge >= 0.3 is 0 Å². The third kappa shape index (κ3) is 6.40. The quantitative estimate of drug-likeness (QED) is 0.866. The summed E-state index contributed by atoms with van der Waals surface area (Å²) in [6, 6.07) is 0.519. The smallest absolute Gasteiger partial charge is 0.226 e. The third-order valence-electron chi connectivity index (χ3n) is 4.30. The van der Waals surface area contributed by atoms with Gasteiger partial charge in [0, 0.05) is 6.04 Å². The van der Waals surface area contributed by atoms with E-state index in [4.69, 9.17) is 0 Å². The second-order valence-electron chi connectivity index (χ2n) is 6.35. The number of rotatable bonds is 2. The van der Waals surface area contributed by atoms with E-state index in [9.17, 15) is 0 Å². The Kier molecular flexibility index (Phi) is 6.90. The van der Waals surface area contributed by atoms with Gasteiger partial charge in [0.05, 0.1) is 0 Å². The summed E-state index contributed by atoms with van der Waals surface area (Å²) in [7, 11) is 0. The van der Waals surface area contributed by atoms with Crippen LogP contribution in [0.1, 0.15) is 82.3 Å². The molecule has 1 N–H and O–H groups in total. The van der Waals surface area contributed by atoms with Crippen LogP contribution >= 0.6 is 0 Å². The Balaban J connectivity index is 1.90. The number of hydrogen-bond acceptors (Lipinski definition) is 4. The van der Waals surface area contributed by atoms with Crippen LogP contribution in [-0.2, 0) is 0 Å². The van der Waals surface area contributed by atoms with Gasteiger partial charge in [-0.1, -0.05) is 57.8 Å². The lowest BCUT2D eigenvalue weighted by Gasteiger charge is -2.19. The van der Waals surface area contributed by atoms with Crippen LogP contribution in [0.5, 0.6) is 0 Å². The van der Waals surface area contributed by atoms with Gasteiger partial charge in [-0.05, 0) is 26.7 Å². The summed E-state index contributed by atoms with van der Waals surface area (Å²) in [5, 5.41) is 3.55. The molecule has 2 rings (SSSR count). The fourth-order valence-corrected chi connectivity index (χ4v) is 3.17. The molecule has 4 heteroatoms. The maximum atomic E-state index is 4.42. The molecule has 0 radical (unpaired) electrons. The van der Waals surface area contributed by atoms with Gasteiger partial charge in [-0.25, -0.2) is 4.98 Å². The van der Waals surface area contributed by atoms with Crippen molar-refractivity contribution in [1.29, 1.82) is 0 Å². The van der Waals surface area contributed by atoms with E-state index in [1.54, 1.807) is 0 Å². The Bertz CT molecular complexity index is 387. The summed E-state index contributed by atoms with van der Waals surface area (Å²) in [6.07, 6.45) is 14.9. The van der Waals surface area contributed by atoms with Crippen LogP contribution in [0.2, 0.25) is 0 Å². The molecular weight excluding hydrogens is 260 g/mol. The van der Waals surface area contributed by atoms with E-state index in [0.29, 0.717) is 6.04 Å². The predicted octanol–water partition coefficient (Wildman–Crippen LogP) is 4.57. The zero-order chi connectivity index (χ0) is 14.9. The maximum absolute atomic E-state index is 4.42. The van der Waals surface area contributed by atoms with Crippen molar-refractivity contribution < 1.29 is 0 Å². The average molecular weight is 290 g/mol. The largest absolute Gasteiger partial charge is 0.351 e. The van der Waals surface area contributed by atoms with Gasteiger partial charge < -0.3 is 5.32 Å². The first-order valence-electron chi connectivity index (χ1n) is 8.70. The third-order valence-corrected chi connectivity index (χ3v) is 4.30. The van der Waals surface area contributed by atoms with Crippen LogP contribution < -0.4 is 5.32 Å². The molecule has 0 bridgehead atoms. The fourth-order valence-electron chi connectivity index (χ4n) is 3.17. The molecule has 0 aromatic carbocycles. The average Bonchev–Trinajstić information content (AvgIpc) is 2.40. The molecule has 1 aliphatic carbocycles. The van der Waals surface area contributed by atoms with Gasteiger partial charge in [-0.15, -0.1) is 0 Å². The summed E-state index contributed by atoms with van der Waals surface area (Å²) >= 11 is 0. The topological polar surface area (TPSA) is 50.7 Å². The molecule has 0 amide bonds. The van der Waals surface area contributed by atoms with Crippen LogP contribution in [0.25, 0.3) is 0 Å². The maximum Gasteiger partial charge on any atom is 0.226 e. The van der Waals surface area contributed by atoms with Gasteiger partial charge in [-0.2, -0.15) is 9.97 Å². The Morgan fingerprint density at radius 1 is 0.667 bits per heavy atom. The Morgan fingerprint density at radius 2 is 1.10 bits per heavy atom. The number of nitrogens with one attached hydrogen (secondary N) is 1. The molecule has 0 saturated heterocycles. The normalized spacial score (nSPS) is 19.5. The van der Waals surface area contributed by atoms with Gasteiger partial charge in [0.15, 0.2) is 0 Å². The van der Waals surface area contributed by atoms with E-state index in [2.05, 4.69) is 20.3 Å². The Labute approximate surface area is 129 Å². The fraction of sp³-hybridized carbons (Fsp3) is 0.824. The number of nitrogens with zero attached hydrogens (tertiary/aromatic N) is 3. The van der Waals surface area contributed by atoms with Crippen LogP contribution in [0, 0.1) is 13.8 Å². The van der Waals surface area contributed by atoms with Crippen LogP contribution in [0.4, 0.5) is 5.95 Å². The SMILES string of the molecule is Cc1nc(C)nc(NC2CCCCCCCCCCC2)n1. The minimum atomic E-state index is 0.519. The molecule has 1 heterocycles. The first-order valence-corrected chi connectivity index (χ1v) is 8.70. The van der Waals surface area contributed by atoms with E-state index < -0.39 is 0 Å². The highest BCUT2D eigenvalue weighted by atomic mass is 15.2. The molecule has 1 aromatic rings. The lowest BCUT2D eigenvalue weighted by atomic mass is 9.98. The van der Waals surface area contributed by atoms with Crippen molar-refractivity contribution in [3.05, 3.63) is 11.6 Å². The highest BCUT2D eigenvalue weighted by Crippen LogP contribution is 2.18. The summed E-state index contributed by atoms with van der Waals surface area (Å²) < 4.78 is 0. The first-order chi connectivity index (χ1) is 10.2. The van der Waals surface area contributed by atoms with Crippen molar-refractivity contribution in [1.82, 2.24) is 15.0 Å². The zero-order valence-electron chi connectivity index (χ0n) is 13.7. The van der Waals surface area contributed by atoms with Gasteiger partial charge in [-0.3, -0.25) is 0 Å². The van der Waals surface area contributed by atoms with Crippen LogP contribution in [0.3, 0.4) is 0 Å². The molecule has 118 valence electrons. The van der Waals surface area contributed by atoms with Crippen LogP contribution in [-0.4, -0.2) is 21.0 Å². The van der Waals surface area contributed by atoms with Gasteiger partial charge in [0.2, 0.25) is 5.95 Å². The van der Waals surface area contributed by atoms with Crippen molar-refractivity contribution in [3.63, 3.8) is 0 Å². The molecule has 1 aliphatic rings. The number of anilines is 1. The Morgan fingerprint density at radius 3 is 1.57 bits per heavy atom. The number of aryl methyl sites for hydroxylation is 2. The molecule has 1 saturated carbocycles. The summed E-state index contributed by atoms with van der Waals surface area (Å²) in [5.41, 5.74) is 0. The molecule has 0 spiro atoms. The lowest BCUT2D eigenvalue weighted by molar-refractivity contribution is 0.478. The van der Waals surface area contributed by atoms with Crippen molar-refractivity contribution >= 4 is 5.95 Å². The van der Waals surface area contributed by atoms with E-state index in [-0.39, 0.29) is 0 Å². The minimum absolute atomic E-state index is 0.519. The van der Waals surface area contributed by atoms with Crippen molar-refractivity contribution in [3.8, 4) is 0 Å². The molecule has 0 atom stereocenters. The van der Waals surface area contributed by atoms with Crippen molar-refractivity contribution in [2.75, 3.05) is 5.32 Å². The predicted molar refractivity (Wildman–Crippen MR) is 87.5 cm³/mol. The molecule has 1 aromatic heterocycles. The van der Waals surface area contributed by atoms with E-state index in [1.807, 2.05) is 13.8 Å². The molecule has 21 heavy (non-hydrogen) atoms. The van der Waals surface area contributed by atoms with E-state index in [1.165, 1.54) is 70.6 Å². The van der Waals surface area contributed by atoms with Crippen molar-refractivity contribution in [2.45, 2.75) is 90.5 Å². The van der Waals surface area contributed by atoms with Crippen molar-refractivity contribution in [2.24, 2.45) is 0 Å². The number of aromatic nitrogens is 3. The molecule has 0 aliphatic heterocycles. The monoisotopic (exact) mass is 290 g/mol. The van der Waals surface area contributed by atoms with Gasteiger partial charge in [0.25, 0.3) is 0 Å². The van der Waals surface area contributed by atoms with Gasteiger partial charge in [0.1, 0.15) is 11.6 Å². The zero-order valence-corrected chi connectivity index (χ0v) is 13.7. The first kappa shape index (κ1) is 16.2. The minimum Gasteiger partial charge on any atom is -0.351 e. The highest BCUT2D eigenvalue weighted by Gasteiger charge is 2.11.